The van der Waals surface area contributed by atoms with Crippen molar-refractivity contribution in [1.82, 2.24) is 0 Å². The number of carbonyl (C=O) groups is 1. The molecule has 0 aliphatic heterocycles. The topological polar surface area (TPSA) is 46.5 Å². The molecule has 0 unspecified atom stereocenters. The van der Waals surface area contributed by atoms with Crippen LogP contribution in [0, 0.1) is 0 Å². The van der Waals surface area contributed by atoms with Crippen LogP contribution >= 0.6 is 11.6 Å². The molecule has 0 aromatic heterocycles. The maximum Gasteiger partial charge on any atom is 0.198 e. The van der Waals surface area contributed by atoms with Gasteiger partial charge in [0.15, 0.2) is 5.78 Å². The van der Waals surface area contributed by atoms with Gasteiger partial charge < -0.3 is 9.84 Å². The van der Waals surface area contributed by atoms with Gasteiger partial charge in [-0.1, -0.05) is 23.7 Å². The van der Waals surface area contributed by atoms with Crippen LogP contribution in [0.3, 0.4) is 0 Å². The second kappa shape index (κ2) is 5.10. The molecule has 0 fully saturated rings. The maximum atomic E-state index is 12.2. The summed E-state index contributed by atoms with van der Waals surface area (Å²) in [6.45, 7) is 0. The monoisotopic (exact) mass is 262 g/mol. The Kier molecular flexibility index (Phi) is 3.53. The second-order valence-electron chi connectivity index (χ2n) is 3.69. The van der Waals surface area contributed by atoms with Crippen LogP contribution in [0.15, 0.2) is 42.5 Å². The minimum atomic E-state index is -0.319. The number of aromatic hydroxyl groups is 1. The van der Waals surface area contributed by atoms with Gasteiger partial charge in [0.25, 0.3) is 0 Å². The molecule has 0 aliphatic rings. The molecule has 18 heavy (non-hydrogen) atoms. The van der Waals surface area contributed by atoms with E-state index in [1.54, 1.807) is 30.3 Å². The van der Waals surface area contributed by atoms with E-state index >= 15 is 0 Å². The molecule has 2 aromatic rings. The summed E-state index contributed by atoms with van der Waals surface area (Å²) >= 11 is 5.95. The minimum absolute atomic E-state index is 0.126. The lowest BCUT2D eigenvalue weighted by Gasteiger charge is -2.07. The highest BCUT2D eigenvalue weighted by Crippen LogP contribution is 2.27. The number of carbonyl (C=O) groups excluding carboxylic acids is 1. The van der Waals surface area contributed by atoms with E-state index in [0.717, 1.165) is 0 Å². The predicted octanol–water partition coefficient (Wildman–Crippen LogP) is 3.29. The standard InChI is InChI=1S/C14H11ClO3/c1-18-9-6-7-11(13(16)8-9)14(17)10-4-2-3-5-12(10)15/h2-8,16H,1H3. The van der Waals surface area contributed by atoms with E-state index in [4.69, 9.17) is 16.3 Å². The van der Waals surface area contributed by atoms with Crippen molar-refractivity contribution in [1.29, 1.82) is 0 Å². The van der Waals surface area contributed by atoms with Gasteiger partial charge in [0.1, 0.15) is 11.5 Å². The van der Waals surface area contributed by atoms with E-state index in [2.05, 4.69) is 0 Å². The third-order valence-electron chi connectivity index (χ3n) is 2.57. The van der Waals surface area contributed by atoms with Gasteiger partial charge in [-0.25, -0.2) is 0 Å². The minimum Gasteiger partial charge on any atom is -0.507 e. The van der Waals surface area contributed by atoms with Crippen molar-refractivity contribution in [3.8, 4) is 11.5 Å². The number of ether oxygens (including phenoxy) is 1. The lowest BCUT2D eigenvalue weighted by Crippen LogP contribution is -2.02. The average Bonchev–Trinajstić information content (AvgIpc) is 2.38. The van der Waals surface area contributed by atoms with Crippen molar-refractivity contribution >= 4 is 17.4 Å². The molecule has 0 atom stereocenters. The molecule has 0 amide bonds. The molecule has 0 spiro atoms. The number of methoxy groups -OCH3 is 1. The Morgan fingerprint density at radius 1 is 1.17 bits per heavy atom. The Labute approximate surface area is 110 Å². The van der Waals surface area contributed by atoms with Crippen LogP contribution in [0.25, 0.3) is 0 Å². The molecular formula is C14H11ClO3. The molecule has 3 nitrogen and oxygen atoms in total. The second-order valence-corrected chi connectivity index (χ2v) is 4.10. The molecule has 2 rings (SSSR count). The van der Waals surface area contributed by atoms with Crippen molar-refractivity contribution in [2.45, 2.75) is 0 Å². The Morgan fingerprint density at radius 2 is 1.89 bits per heavy atom. The van der Waals surface area contributed by atoms with Crippen molar-refractivity contribution in [3.05, 3.63) is 58.6 Å². The Hall–Kier alpha value is -2.00. The van der Waals surface area contributed by atoms with E-state index in [1.165, 1.54) is 19.2 Å². The van der Waals surface area contributed by atoms with Gasteiger partial charge in [-0.2, -0.15) is 0 Å². The highest BCUT2D eigenvalue weighted by atomic mass is 35.5. The summed E-state index contributed by atoms with van der Waals surface area (Å²) in [6, 6.07) is 11.2. The first-order valence-corrected chi connectivity index (χ1v) is 5.67. The summed E-state index contributed by atoms with van der Waals surface area (Å²) in [7, 11) is 1.49. The van der Waals surface area contributed by atoms with Gasteiger partial charge in [0.2, 0.25) is 0 Å². The molecular weight excluding hydrogens is 252 g/mol. The van der Waals surface area contributed by atoms with Crippen LogP contribution in [0.2, 0.25) is 5.02 Å². The van der Waals surface area contributed by atoms with Gasteiger partial charge >= 0.3 is 0 Å². The molecule has 0 radical (unpaired) electrons. The predicted molar refractivity (Wildman–Crippen MR) is 69.5 cm³/mol. The molecule has 92 valence electrons. The van der Waals surface area contributed by atoms with E-state index in [1.807, 2.05) is 0 Å². The summed E-state index contributed by atoms with van der Waals surface area (Å²) in [6.07, 6.45) is 0. The lowest BCUT2D eigenvalue weighted by atomic mass is 10.0. The van der Waals surface area contributed by atoms with Gasteiger partial charge in [-0.15, -0.1) is 0 Å². The highest BCUT2D eigenvalue weighted by molar-refractivity contribution is 6.35. The summed E-state index contributed by atoms with van der Waals surface area (Å²) in [5, 5.41) is 10.2. The van der Waals surface area contributed by atoms with Gasteiger partial charge in [0.05, 0.1) is 17.7 Å². The number of benzene rings is 2. The summed E-state index contributed by atoms with van der Waals surface area (Å²) in [4.78, 5) is 12.2. The number of hydrogen-bond acceptors (Lipinski definition) is 3. The number of halogens is 1. The van der Waals surface area contributed by atoms with E-state index in [0.29, 0.717) is 16.3 Å². The van der Waals surface area contributed by atoms with Crippen molar-refractivity contribution in [3.63, 3.8) is 0 Å². The smallest absolute Gasteiger partial charge is 0.198 e. The summed E-state index contributed by atoms with van der Waals surface area (Å²) in [5.41, 5.74) is 0.559. The molecule has 0 heterocycles. The third-order valence-corrected chi connectivity index (χ3v) is 2.90. The van der Waals surface area contributed by atoms with E-state index < -0.39 is 0 Å². The van der Waals surface area contributed by atoms with Crippen molar-refractivity contribution in [2.24, 2.45) is 0 Å². The fourth-order valence-corrected chi connectivity index (χ4v) is 1.84. The van der Waals surface area contributed by atoms with Gasteiger partial charge in [-0.05, 0) is 24.3 Å². The largest absolute Gasteiger partial charge is 0.507 e. The van der Waals surface area contributed by atoms with Crippen LogP contribution in [-0.4, -0.2) is 18.0 Å². The summed E-state index contributed by atoms with van der Waals surface area (Å²) in [5.74, 6) is 0.0447. The number of ketones is 1. The Balaban J connectivity index is 2.44. The lowest BCUT2D eigenvalue weighted by molar-refractivity contribution is 0.103. The van der Waals surface area contributed by atoms with Crippen LogP contribution in [0.1, 0.15) is 15.9 Å². The third kappa shape index (κ3) is 2.31. The molecule has 4 heteroatoms. The first-order valence-electron chi connectivity index (χ1n) is 5.29. The van der Waals surface area contributed by atoms with E-state index in [9.17, 15) is 9.90 Å². The fourth-order valence-electron chi connectivity index (χ4n) is 1.62. The van der Waals surface area contributed by atoms with Crippen LogP contribution in [-0.2, 0) is 0 Å². The summed E-state index contributed by atoms with van der Waals surface area (Å²) < 4.78 is 4.96. The van der Waals surface area contributed by atoms with Crippen LogP contribution in [0.5, 0.6) is 11.5 Å². The molecule has 0 bridgehead atoms. The van der Waals surface area contributed by atoms with Crippen molar-refractivity contribution in [2.75, 3.05) is 7.11 Å². The molecule has 2 aromatic carbocycles. The number of hydrogen-bond donors (Lipinski definition) is 1. The molecule has 0 saturated carbocycles. The molecule has 1 N–H and O–H groups in total. The zero-order valence-corrected chi connectivity index (χ0v) is 10.4. The fraction of sp³-hybridized carbons (Fsp3) is 0.0714. The Bertz CT molecular complexity index is 593. The van der Waals surface area contributed by atoms with Gasteiger partial charge in [0, 0.05) is 11.6 Å². The Morgan fingerprint density at radius 3 is 2.50 bits per heavy atom. The number of phenols is 1. The van der Waals surface area contributed by atoms with Crippen LogP contribution < -0.4 is 4.74 Å². The SMILES string of the molecule is COc1ccc(C(=O)c2ccccc2Cl)c(O)c1. The number of rotatable bonds is 3. The zero-order chi connectivity index (χ0) is 13.1. The normalized spacial score (nSPS) is 10.1. The van der Waals surface area contributed by atoms with E-state index in [-0.39, 0.29) is 17.1 Å². The maximum absolute atomic E-state index is 12.2. The highest BCUT2D eigenvalue weighted by Gasteiger charge is 2.16. The van der Waals surface area contributed by atoms with Crippen molar-refractivity contribution < 1.29 is 14.6 Å². The first kappa shape index (κ1) is 12.5. The number of phenolic OH excluding ortho intramolecular Hbond substituents is 1. The van der Waals surface area contributed by atoms with Gasteiger partial charge in [-0.3, -0.25) is 4.79 Å². The zero-order valence-electron chi connectivity index (χ0n) is 9.68. The average molecular weight is 263 g/mol. The first-order chi connectivity index (χ1) is 8.63. The van der Waals surface area contributed by atoms with Crippen LogP contribution in [0.4, 0.5) is 0 Å². The quantitative estimate of drug-likeness (QED) is 0.864. The molecule has 0 aliphatic carbocycles. The molecule has 0 saturated heterocycles.